The maximum absolute atomic E-state index is 11.8. The molecule has 1 amide bonds. The number of rotatable bonds is 5. The van der Waals surface area contributed by atoms with Crippen molar-refractivity contribution >= 4 is 23.1 Å². The zero-order chi connectivity index (χ0) is 12.9. The zero-order valence-electron chi connectivity index (χ0n) is 9.10. The van der Waals surface area contributed by atoms with Crippen LogP contribution in [0.2, 0.25) is 0 Å². The van der Waals surface area contributed by atoms with Crippen molar-refractivity contribution in [2.75, 3.05) is 6.54 Å². The molecule has 0 bridgehead atoms. The molecule has 0 radical (unpaired) electrons. The van der Waals surface area contributed by atoms with Gasteiger partial charge in [-0.3, -0.25) is 4.79 Å². The standard InChI is InChI=1S/C9H15F3N2OS/c1-5(2)6(7(13)16)8(15)14-4-3-9(10,11)12/h5-6H,3-4H2,1-2H3,(H2,13,16)(H,14,15). The summed E-state index contributed by atoms with van der Waals surface area (Å²) in [6.07, 6.45) is -5.33. The first-order chi connectivity index (χ1) is 7.15. The van der Waals surface area contributed by atoms with Crippen molar-refractivity contribution in [1.29, 1.82) is 0 Å². The molecule has 3 nitrogen and oxygen atoms in total. The lowest BCUT2D eigenvalue weighted by Crippen LogP contribution is -2.41. The molecule has 7 heteroatoms. The Kier molecular flexibility index (Phi) is 5.71. The first kappa shape index (κ1) is 15.2. The van der Waals surface area contributed by atoms with Crippen LogP contribution < -0.4 is 11.1 Å². The van der Waals surface area contributed by atoms with E-state index in [1.807, 2.05) is 0 Å². The van der Waals surface area contributed by atoms with Gasteiger partial charge in [-0.25, -0.2) is 0 Å². The number of nitrogens with two attached hydrogens (primary N) is 1. The minimum atomic E-state index is -4.27. The molecule has 0 saturated carbocycles. The SMILES string of the molecule is CC(C)C(C(=O)NCCC(F)(F)F)C(N)=S. The third-order valence-corrected chi connectivity index (χ3v) is 2.22. The Hall–Kier alpha value is -0.850. The number of carbonyl (C=O) groups excluding carboxylic acids is 1. The summed E-state index contributed by atoms with van der Waals surface area (Å²) >= 11 is 4.69. The van der Waals surface area contributed by atoms with Gasteiger partial charge in [0, 0.05) is 6.54 Å². The van der Waals surface area contributed by atoms with Gasteiger partial charge in [0.15, 0.2) is 0 Å². The lowest BCUT2D eigenvalue weighted by Gasteiger charge is -2.19. The van der Waals surface area contributed by atoms with E-state index in [-0.39, 0.29) is 10.9 Å². The fraction of sp³-hybridized carbons (Fsp3) is 0.778. The van der Waals surface area contributed by atoms with E-state index in [0.29, 0.717) is 0 Å². The molecule has 1 unspecified atom stereocenters. The summed E-state index contributed by atoms with van der Waals surface area (Å²) in [5.41, 5.74) is 5.34. The maximum Gasteiger partial charge on any atom is 0.390 e. The van der Waals surface area contributed by atoms with Crippen LogP contribution >= 0.6 is 12.2 Å². The van der Waals surface area contributed by atoms with Crippen molar-refractivity contribution in [3.63, 3.8) is 0 Å². The normalized spacial score (nSPS) is 13.6. The molecule has 0 spiro atoms. The van der Waals surface area contributed by atoms with Gasteiger partial charge in [-0.15, -0.1) is 0 Å². The van der Waals surface area contributed by atoms with E-state index in [1.54, 1.807) is 13.8 Å². The van der Waals surface area contributed by atoms with Gasteiger partial charge in [-0.1, -0.05) is 26.1 Å². The number of alkyl halides is 3. The van der Waals surface area contributed by atoms with Gasteiger partial charge in [0.05, 0.1) is 17.3 Å². The van der Waals surface area contributed by atoms with E-state index in [1.165, 1.54) is 0 Å². The Morgan fingerprint density at radius 1 is 1.44 bits per heavy atom. The van der Waals surface area contributed by atoms with Gasteiger partial charge in [-0.2, -0.15) is 13.2 Å². The number of thiocarbonyl (C=S) groups is 1. The lowest BCUT2D eigenvalue weighted by molar-refractivity contribution is -0.136. The van der Waals surface area contributed by atoms with Crippen molar-refractivity contribution in [2.45, 2.75) is 26.4 Å². The molecule has 1 atom stereocenters. The predicted octanol–water partition coefficient (Wildman–Crippen LogP) is 1.61. The fourth-order valence-corrected chi connectivity index (χ4v) is 1.58. The largest absolute Gasteiger partial charge is 0.393 e. The molecule has 0 aliphatic heterocycles. The predicted molar refractivity (Wildman–Crippen MR) is 58.8 cm³/mol. The molecule has 0 aliphatic carbocycles. The van der Waals surface area contributed by atoms with E-state index in [4.69, 9.17) is 5.73 Å². The molecule has 0 aromatic rings. The Morgan fingerprint density at radius 2 is 1.94 bits per heavy atom. The van der Waals surface area contributed by atoms with Crippen LogP contribution in [0.3, 0.4) is 0 Å². The molecule has 3 N–H and O–H groups in total. The maximum atomic E-state index is 11.8. The summed E-state index contributed by atoms with van der Waals surface area (Å²) in [6.45, 7) is 3.01. The van der Waals surface area contributed by atoms with Crippen LogP contribution in [0.15, 0.2) is 0 Å². The Balaban J connectivity index is 4.18. The van der Waals surface area contributed by atoms with Crippen LogP contribution in [0.4, 0.5) is 13.2 Å². The number of hydrogen-bond donors (Lipinski definition) is 2. The number of halogens is 3. The Bertz CT molecular complexity index is 266. The van der Waals surface area contributed by atoms with Gasteiger partial charge in [0.1, 0.15) is 0 Å². The number of hydrogen-bond acceptors (Lipinski definition) is 2. The molecule has 0 aliphatic rings. The van der Waals surface area contributed by atoms with Gasteiger partial charge < -0.3 is 11.1 Å². The highest BCUT2D eigenvalue weighted by Crippen LogP contribution is 2.18. The Morgan fingerprint density at radius 3 is 2.25 bits per heavy atom. The zero-order valence-corrected chi connectivity index (χ0v) is 9.91. The van der Waals surface area contributed by atoms with E-state index < -0.39 is 31.0 Å². The molecule has 94 valence electrons. The number of nitrogens with one attached hydrogen (secondary N) is 1. The summed E-state index contributed by atoms with van der Waals surface area (Å²) in [4.78, 5) is 11.5. The quantitative estimate of drug-likeness (QED) is 0.735. The number of amides is 1. The van der Waals surface area contributed by atoms with E-state index >= 15 is 0 Å². The van der Waals surface area contributed by atoms with Crippen molar-refractivity contribution in [3.05, 3.63) is 0 Å². The topological polar surface area (TPSA) is 55.1 Å². The highest BCUT2D eigenvalue weighted by molar-refractivity contribution is 7.80. The van der Waals surface area contributed by atoms with Crippen molar-refractivity contribution < 1.29 is 18.0 Å². The van der Waals surface area contributed by atoms with Gasteiger partial charge >= 0.3 is 6.18 Å². The van der Waals surface area contributed by atoms with Crippen LogP contribution in [0.25, 0.3) is 0 Å². The van der Waals surface area contributed by atoms with E-state index in [9.17, 15) is 18.0 Å². The average molecular weight is 256 g/mol. The second-order valence-electron chi connectivity index (χ2n) is 3.78. The van der Waals surface area contributed by atoms with E-state index in [2.05, 4.69) is 17.5 Å². The highest BCUT2D eigenvalue weighted by Gasteiger charge is 2.29. The summed E-state index contributed by atoms with van der Waals surface area (Å²) in [5.74, 6) is -1.40. The third kappa shape index (κ3) is 5.89. The summed E-state index contributed by atoms with van der Waals surface area (Å²) < 4.78 is 35.5. The van der Waals surface area contributed by atoms with E-state index in [0.717, 1.165) is 0 Å². The second-order valence-corrected chi connectivity index (χ2v) is 4.25. The molecule has 0 aromatic heterocycles. The van der Waals surface area contributed by atoms with Gasteiger partial charge in [-0.05, 0) is 5.92 Å². The number of carbonyl (C=O) groups is 1. The van der Waals surface area contributed by atoms with Crippen molar-refractivity contribution in [3.8, 4) is 0 Å². The van der Waals surface area contributed by atoms with Crippen LogP contribution in [0.5, 0.6) is 0 Å². The van der Waals surface area contributed by atoms with Gasteiger partial charge in [0.25, 0.3) is 0 Å². The summed E-state index contributed by atoms with van der Waals surface area (Å²) in [5, 5.41) is 2.18. The van der Waals surface area contributed by atoms with Gasteiger partial charge in [0.2, 0.25) is 5.91 Å². The molecular formula is C9H15F3N2OS. The highest BCUT2D eigenvalue weighted by atomic mass is 32.1. The molecule has 0 aromatic carbocycles. The molecule has 0 rings (SSSR count). The van der Waals surface area contributed by atoms with Crippen LogP contribution in [0, 0.1) is 11.8 Å². The monoisotopic (exact) mass is 256 g/mol. The molecule has 16 heavy (non-hydrogen) atoms. The Labute approximate surface area is 97.6 Å². The summed E-state index contributed by atoms with van der Waals surface area (Å²) in [6, 6.07) is 0. The van der Waals surface area contributed by atoms with Crippen LogP contribution in [-0.2, 0) is 4.79 Å². The van der Waals surface area contributed by atoms with Crippen molar-refractivity contribution in [2.24, 2.45) is 17.6 Å². The molecular weight excluding hydrogens is 241 g/mol. The minimum absolute atomic E-state index is 0.000455. The second kappa shape index (κ2) is 6.03. The first-order valence-corrected chi connectivity index (χ1v) is 5.19. The molecule has 0 saturated heterocycles. The molecule has 0 heterocycles. The van der Waals surface area contributed by atoms with Crippen LogP contribution in [-0.4, -0.2) is 23.6 Å². The summed E-state index contributed by atoms with van der Waals surface area (Å²) in [7, 11) is 0. The smallest absolute Gasteiger partial charge is 0.390 e. The lowest BCUT2D eigenvalue weighted by atomic mass is 9.95. The average Bonchev–Trinajstić information content (AvgIpc) is 1.99. The third-order valence-electron chi connectivity index (χ3n) is 1.96. The van der Waals surface area contributed by atoms with Crippen LogP contribution in [0.1, 0.15) is 20.3 Å². The minimum Gasteiger partial charge on any atom is -0.393 e. The molecule has 0 fully saturated rings. The van der Waals surface area contributed by atoms with Crippen molar-refractivity contribution in [1.82, 2.24) is 5.32 Å². The fourth-order valence-electron chi connectivity index (χ4n) is 1.20. The first-order valence-electron chi connectivity index (χ1n) is 4.79.